The first-order valence-corrected chi connectivity index (χ1v) is 8.19. The van der Waals surface area contributed by atoms with E-state index in [-0.39, 0.29) is 11.8 Å². The van der Waals surface area contributed by atoms with E-state index < -0.39 is 0 Å². The summed E-state index contributed by atoms with van der Waals surface area (Å²) in [5, 5.41) is 7.49. The molecule has 2 heterocycles. The van der Waals surface area contributed by atoms with Crippen molar-refractivity contribution in [2.24, 2.45) is 0 Å². The van der Waals surface area contributed by atoms with Crippen LogP contribution in [0.5, 0.6) is 0 Å². The molecule has 3 aromatic rings. The number of carbonyl (C=O) groups excluding carboxylic acids is 2. The van der Waals surface area contributed by atoms with Gasteiger partial charge in [0.25, 0.3) is 5.91 Å². The van der Waals surface area contributed by atoms with E-state index in [2.05, 4.69) is 15.6 Å². The van der Waals surface area contributed by atoms with Crippen LogP contribution in [0.3, 0.4) is 0 Å². The Bertz CT molecular complexity index is 858. The van der Waals surface area contributed by atoms with Gasteiger partial charge in [0.15, 0.2) is 0 Å². The number of pyridine rings is 1. The van der Waals surface area contributed by atoms with Crippen LogP contribution < -0.4 is 10.6 Å². The summed E-state index contributed by atoms with van der Waals surface area (Å²) >= 11 is 1.58. The first-order chi connectivity index (χ1) is 11.6. The van der Waals surface area contributed by atoms with Gasteiger partial charge in [0.05, 0.1) is 10.6 Å². The first kappa shape index (κ1) is 15.9. The topological polar surface area (TPSA) is 71.1 Å². The second-order valence-corrected chi connectivity index (χ2v) is 6.07. The Kier molecular flexibility index (Phi) is 4.67. The summed E-state index contributed by atoms with van der Waals surface area (Å²) in [6, 6.07) is 14.3. The van der Waals surface area contributed by atoms with Crippen LogP contribution in [0.2, 0.25) is 0 Å². The highest BCUT2D eigenvalue weighted by Gasteiger charge is 2.09. The third-order valence-corrected chi connectivity index (χ3v) is 4.15. The Hall–Kier alpha value is -2.99. The molecular formula is C18H15N3O2S. The van der Waals surface area contributed by atoms with Crippen molar-refractivity contribution in [2.45, 2.75) is 6.92 Å². The predicted octanol–water partition coefficient (Wildman–Crippen LogP) is 4.02. The largest absolute Gasteiger partial charge is 0.326 e. The lowest BCUT2D eigenvalue weighted by Crippen LogP contribution is -2.12. The molecule has 0 aliphatic rings. The average molecular weight is 337 g/mol. The number of aromatic nitrogens is 1. The number of rotatable bonds is 4. The zero-order chi connectivity index (χ0) is 16.9. The summed E-state index contributed by atoms with van der Waals surface area (Å²) in [5.74, 6) is -0.341. The minimum Gasteiger partial charge on any atom is -0.326 e. The van der Waals surface area contributed by atoms with Gasteiger partial charge in [-0.25, -0.2) is 0 Å². The van der Waals surface area contributed by atoms with Gasteiger partial charge in [0.1, 0.15) is 0 Å². The van der Waals surface area contributed by atoms with Crippen molar-refractivity contribution in [2.75, 3.05) is 10.6 Å². The van der Waals surface area contributed by atoms with Crippen molar-refractivity contribution in [3.63, 3.8) is 0 Å². The van der Waals surface area contributed by atoms with E-state index in [0.29, 0.717) is 16.9 Å². The van der Waals surface area contributed by atoms with Crippen LogP contribution in [0, 0.1) is 0 Å². The molecule has 0 spiro atoms. The molecule has 6 heteroatoms. The average Bonchev–Trinajstić information content (AvgIpc) is 3.11. The third-order valence-electron chi connectivity index (χ3n) is 3.26. The van der Waals surface area contributed by atoms with Gasteiger partial charge in [-0.05, 0) is 47.8 Å². The van der Waals surface area contributed by atoms with Gasteiger partial charge in [0, 0.05) is 30.1 Å². The van der Waals surface area contributed by atoms with E-state index in [1.807, 2.05) is 17.5 Å². The minimum absolute atomic E-state index is 0.135. The fourth-order valence-electron chi connectivity index (χ4n) is 2.17. The molecule has 0 aliphatic carbocycles. The van der Waals surface area contributed by atoms with Gasteiger partial charge in [-0.1, -0.05) is 6.07 Å². The number of thiophene rings is 1. The van der Waals surface area contributed by atoms with Gasteiger partial charge in [-0.15, -0.1) is 11.3 Å². The maximum absolute atomic E-state index is 12.4. The van der Waals surface area contributed by atoms with Gasteiger partial charge in [0.2, 0.25) is 5.91 Å². The highest BCUT2D eigenvalue weighted by atomic mass is 32.1. The molecule has 24 heavy (non-hydrogen) atoms. The highest BCUT2D eigenvalue weighted by Crippen LogP contribution is 2.23. The standard InChI is InChI=1S/C18H15N3O2S/c1-12(22)20-14-4-6-15(7-5-14)21-18(23)13-8-9-19-16(11-13)17-3-2-10-24-17/h2-11H,1H3,(H,20,22)(H,21,23). The van der Waals surface area contributed by atoms with Crippen molar-refractivity contribution in [3.05, 3.63) is 65.7 Å². The number of hydrogen-bond donors (Lipinski definition) is 2. The van der Waals surface area contributed by atoms with Crippen LogP contribution in [0.15, 0.2) is 60.1 Å². The van der Waals surface area contributed by atoms with Gasteiger partial charge in [-0.2, -0.15) is 0 Å². The predicted molar refractivity (Wildman–Crippen MR) is 96.2 cm³/mol. The molecule has 0 fully saturated rings. The SMILES string of the molecule is CC(=O)Nc1ccc(NC(=O)c2ccnc(-c3cccs3)c2)cc1. The van der Waals surface area contributed by atoms with Crippen LogP contribution in [0.1, 0.15) is 17.3 Å². The smallest absolute Gasteiger partial charge is 0.255 e. The van der Waals surface area contributed by atoms with Crippen LogP contribution in [0.25, 0.3) is 10.6 Å². The van der Waals surface area contributed by atoms with Crippen LogP contribution in [-0.4, -0.2) is 16.8 Å². The molecule has 0 bridgehead atoms. The summed E-state index contributed by atoms with van der Waals surface area (Å²) < 4.78 is 0. The number of benzene rings is 1. The van der Waals surface area contributed by atoms with Crippen LogP contribution in [-0.2, 0) is 4.79 Å². The molecule has 3 rings (SSSR count). The Balaban J connectivity index is 1.73. The fourth-order valence-corrected chi connectivity index (χ4v) is 2.87. The second kappa shape index (κ2) is 7.06. The number of hydrogen-bond acceptors (Lipinski definition) is 4. The van der Waals surface area contributed by atoms with Gasteiger partial charge in [-0.3, -0.25) is 14.6 Å². The number of anilines is 2. The van der Waals surface area contributed by atoms with E-state index in [9.17, 15) is 9.59 Å². The van der Waals surface area contributed by atoms with Crippen LogP contribution >= 0.6 is 11.3 Å². The fraction of sp³-hybridized carbons (Fsp3) is 0.0556. The van der Waals surface area contributed by atoms with Crippen molar-refractivity contribution in [1.82, 2.24) is 4.98 Å². The lowest BCUT2D eigenvalue weighted by Gasteiger charge is -2.07. The molecule has 2 N–H and O–H groups in total. The number of amides is 2. The summed E-state index contributed by atoms with van der Waals surface area (Å²) in [6.07, 6.45) is 1.63. The summed E-state index contributed by atoms with van der Waals surface area (Å²) in [4.78, 5) is 28.7. The number of nitrogens with one attached hydrogen (secondary N) is 2. The van der Waals surface area contributed by atoms with Crippen molar-refractivity contribution in [1.29, 1.82) is 0 Å². The van der Waals surface area contributed by atoms with Crippen molar-refractivity contribution < 1.29 is 9.59 Å². The Morgan fingerprint density at radius 2 is 1.71 bits per heavy atom. The summed E-state index contributed by atoms with van der Waals surface area (Å²) in [6.45, 7) is 1.45. The zero-order valence-corrected chi connectivity index (χ0v) is 13.8. The quantitative estimate of drug-likeness (QED) is 0.755. The monoisotopic (exact) mass is 337 g/mol. The molecule has 0 radical (unpaired) electrons. The lowest BCUT2D eigenvalue weighted by molar-refractivity contribution is -0.114. The Morgan fingerprint density at radius 3 is 2.33 bits per heavy atom. The maximum Gasteiger partial charge on any atom is 0.255 e. The molecule has 1 aromatic carbocycles. The summed E-state index contributed by atoms with van der Waals surface area (Å²) in [5.41, 5.74) is 2.66. The number of nitrogens with zero attached hydrogens (tertiary/aromatic N) is 1. The van der Waals surface area contributed by atoms with Crippen molar-refractivity contribution >= 4 is 34.5 Å². The molecule has 0 saturated heterocycles. The molecule has 5 nitrogen and oxygen atoms in total. The van der Waals surface area contributed by atoms with E-state index in [1.54, 1.807) is 53.9 Å². The van der Waals surface area contributed by atoms with Crippen molar-refractivity contribution in [3.8, 4) is 10.6 Å². The first-order valence-electron chi connectivity index (χ1n) is 7.31. The van der Waals surface area contributed by atoms with Gasteiger partial charge < -0.3 is 10.6 Å². The Morgan fingerprint density at radius 1 is 1.00 bits per heavy atom. The molecule has 2 aromatic heterocycles. The Labute approximate surface area is 143 Å². The normalized spacial score (nSPS) is 10.2. The lowest BCUT2D eigenvalue weighted by atomic mass is 10.2. The third kappa shape index (κ3) is 3.85. The molecule has 0 aliphatic heterocycles. The number of carbonyl (C=O) groups is 2. The molecule has 0 atom stereocenters. The summed E-state index contributed by atoms with van der Waals surface area (Å²) in [7, 11) is 0. The molecule has 0 unspecified atom stereocenters. The van der Waals surface area contributed by atoms with Gasteiger partial charge >= 0.3 is 0 Å². The van der Waals surface area contributed by atoms with E-state index >= 15 is 0 Å². The van der Waals surface area contributed by atoms with E-state index in [1.165, 1.54) is 6.92 Å². The molecule has 120 valence electrons. The minimum atomic E-state index is -0.206. The zero-order valence-electron chi connectivity index (χ0n) is 12.9. The van der Waals surface area contributed by atoms with E-state index in [4.69, 9.17) is 0 Å². The van der Waals surface area contributed by atoms with Crippen LogP contribution in [0.4, 0.5) is 11.4 Å². The highest BCUT2D eigenvalue weighted by molar-refractivity contribution is 7.13. The molecule has 2 amide bonds. The molecule has 0 saturated carbocycles. The maximum atomic E-state index is 12.4. The molecular weight excluding hydrogens is 322 g/mol. The van der Waals surface area contributed by atoms with E-state index in [0.717, 1.165) is 10.6 Å². The second-order valence-electron chi connectivity index (χ2n) is 5.12.